The third-order valence-electron chi connectivity index (χ3n) is 4.38. The Morgan fingerprint density at radius 1 is 0.750 bits per heavy atom. The number of alkyl halides is 3. The number of para-hydroxylation sites is 1. The predicted octanol–water partition coefficient (Wildman–Crippen LogP) is 5.93. The normalized spacial score (nSPS) is 11.5. The molecule has 0 unspecified atom stereocenters. The van der Waals surface area contributed by atoms with Crippen molar-refractivity contribution in [1.82, 2.24) is 9.78 Å². The highest BCUT2D eigenvalue weighted by atomic mass is 19.4. The molecule has 0 aliphatic heterocycles. The Kier molecular flexibility index (Phi) is 4.39. The molecule has 0 saturated carbocycles. The number of rotatable bonds is 3. The van der Waals surface area contributed by atoms with E-state index in [9.17, 15) is 18.3 Å². The van der Waals surface area contributed by atoms with Gasteiger partial charge >= 0.3 is 6.18 Å². The molecule has 28 heavy (non-hydrogen) atoms. The lowest BCUT2D eigenvalue weighted by Crippen LogP contribution is -2.12. The summed E-state index contributed by atoms with van der Waals surface area (Å²) in [4.78, 5) is 0. The molecule has 1 heterocycles. The monoisotopic (exact) mass is 380 g/mol. The molecule has 3 aromatic carbocycles. The lowest BCUT2D eigenvalue weighted by atomic mass is 10.1. The highest BCUT2D eigenvalue weighted by molar-refractivity contribution is 5.71. The lowest BCUT2D eigenvalue weighted by Gasteiger charge is -2.14. The van der Waals surface area contributed by atoms with Crippen LogP contribution in [0.4, 0.5) is 13.2 Å². The highest BCUT2D eigenvalue weighted by Gasteiger charge is 2.34. The first-order chi connectivity index (χ1) is 13.4. The zero-order valence-electron chi connectivity index (χ0n) is 14.6. The van der Waals surface area contributed by atoms with Crippen LogP contribution in [0.15, 0.2) is 84.9 Å². The molecule has 0 radical (unpaired) electrons. The molecule has 1 N–H and O–H groups in total. The van der Waals surface area contributed by atoms with Gasteiger partial charge in [0.2, 0.25) is 0 Å². The van der Waals surface area contributed by atoms with E-state index in [0.29, 0.717) is 17.0 Å². The number of aromatic nitrogens is 2. The van der Waals surface area contributed by atoms with Crippen molar-refractivity contribution in [3.63, 3.8) is 0 Å². The molecular formula is C22H15F3N2O. The predicted molar refractivity (Wildman–Crippen MR) is 101 cm³/mol. The quantitative estimate of drug-likeness (QED) is 0.478. The van der Waals surface area contributed by atoms with Gasteiger partial charge in [-0.15, -0.1) is 0 Å². The van der Waals surface area contributed by atoms with Gasteiger partial charge in [-0.2, -0.15) is 18.3 Å². The third kappa shape index (κ3) is 3.36. The van der Waals surface area contributed by atoms with Crippen LogP contribution < -0.4 is 0 Å². The van der Waals surface area contributed by atoms with Gasteiger partial charge in [0.05, 0.1) is 22.6 Å². The smallest absolute Gasteiger partial charge is 0.418 e. The SMILES string of the molecule is Oc1ccc(-c2cc(-c3ccccc3)n(-c3ccccc3C(F)(F)F)n2)cc1. The van der Waals surface area contributed by atoms with Crippen molar-refractivity contribution in [2.75, 3.05) is 0 Å². The first kappa shape index (κ1) is 17.9. The Morgan fingerprint density at radius 3 is 2.07 bits per heavy atom. The second-order valence-corrected chi connectivity index (χ2v) is 6.25. The van der Waals surface area contributed by atoms with E-state index >= 15 is 0 Å². The highest BCUT2D eigenvalue weighted by Crippen LogP contribution is 2.36. The first-order valence-electron chi connectivity index (χ1n) is 8.55. The summed E-state index contributed by atoms with van der Waals surface area (Å²) in [5.74, 6) is 0.105. The molecule has 0 spiro atoms. The van der Waals surface area contributed by atoms with E-state index in [1.54, 1.807) is 24.3 Å². The lowest BCUT2D eigenvalue weighted by molar-refractivity contribution is -0.137. The van der Waals surface area contributed by atoms with Gasteiger partial charge in [0.15, 0.2) is 0 Å². The van der Waals surface area contributed by atoms with E-state index < -0.39 is 11.7 Å². The van der Waals surface area contributed by atoms with Crippen molar-refractivity contribution in [3.05, 3.63) is 90.5 Å². The second-order valence-electron chi connectivity index (χ2n) is 6.25. The number of hydrogen-bond acceptors (Lipinski definition) is 2. The Balaban J connectivity index is 1.95. The molecule has 0 saturated heterocycles. The zero-order chi connectivity index (χ0) is 19.7. The van der Waals surface area contributed by atoms with E-state index in [-0.39, 0.29) is 11.4 Å². The van der Waals surface area contributed by atoms with Gasteiger partial charge < -0.3 is 5.11 Å². The van der Waals surface area contributed by atoms with E-state index in [1.165, 1.54) is 28.9 Å². The van der Waals surface area contributed by atoms with E-state index in [4.69, 9.17) is 0 Å². The summed E-state index contributed by atoms with van der Waals surface area (Å²) in [6.45, 7) is 0. The van der Waals surface area contributed by atoms with Crippen LogP contribution in [0.3, 0.4) is 0 Å². The Bertz CT molecular complexity index is 1100. The molecule has 0 aliphatic carbocycles. The zero-order valence-corrected chi connectivity index (χ0v) is 14.6. The molecule has 1 aromatic heterocycles. The molecule has 6 heteroatoms. The summed E-state index contributed by atoms with van der Waals surface area (Å²) in [5.41, 5.74) is 1.69. The maximum absolute atomic E-state index is 13.6. The molecule has 0 fully saturated rings. The van der Waals surface area contributed by atoms with Gasteiger partial charge in [0.1, 0.15) is 5.75 Å². The molecule has 0 atom stereocenters. The molecule has 0 aliphatic rings. The summed E-state index contributed by atoms with van der Waals surface area (Å²) < 4.78 is 42.0. The fourth-order valence-electron chi connectivity index (χ4n) is 3.05. The number of benzene rings is 3. The van der Waals surface area contributed by atoms with Crippen molar-refractivity contribution in [1.29, 1.82) is 0 Å². The van der Waals surface area contributed by atoms with Crippen molar-refractivity contribution >= 4 is 0 Å². The summed E-state index contributed by atoms with van der Waals surface area (Å²) in [6.07, 6.45) is -4.50. The summed E-state index contributed by atoms with van der Waals surface area (Å²) in [5, 5.41) is 14.0. The largest absolute Gasteiger partial charge is 0.508 e. The van der Waals surface area contributed by atoms with Gasteiger partial charge in [-0.3, -0.25) is 0 Å². The number of phenols is 1. The van der Waals surface area contributed by atoms with Crippen LogP contribution in [0.1, 0.15) is 5.56 Å². The topological polar surface area (TPSA) is 38.0 Å². The molecular weight excluding hydrogens is 365 g/mol. The van der Waals surface area contributed by atoms with Gasteiger partial charge in [-0.1, -0.05) is 42.5 Å². The van der Waals surface area contributed by atoms with Gasteiger partial charge in [-0.25, -0.2) is 4.68 Å². The number of aromatic hydroxyl groups is 1. The van der Waals surface area contributed by atoms with Crippen LogP contribution in [-0.2, 0) is 6.18 Å². The van der Waals surface area contributed by atoms with Crippen molar-refractivity contribution < 1.29 is 18.3 Å². The van der Waals surface area contributed by atoms with Crippen LogP contribution in [0, 0.1) is 0 Å². The standard InChI is InChI=1S/C22H15F3N2O/c23-22(24,25)18-8-4-5-9-20(18)27-21(16-6-2-1-3-7-16)14-19(26-27)15-10-12-17(28)13-11-15/h1-14,28H. The fourth-order valence-corrected chi connectivity index (χ4v) is 3.05. The third-order valence-corrected chi connectivity index (χ3v) is 4.38. The van der Waals surface area contributed by atoms with E-state index in [2.05, 4.69) is 5.10 Å². The van der Waals surface area contributed by atoms with Crippen molar-refractivity contribution in [3.8, 4) is 34.0 Å². The van der Waals surface area contributed by atoms with Gasteiger partial charge in [0, 0.05) is 11.1 Å². The Morgan fingerprint density at radius 2 is 1.39 bits per heavy atom. The summed E-state index contributed by atoms with van der Waals surface area (Å²) >= 11 is 0. The van der Waals surface area contributed by atoms with Crippen LogP contribution in [-0.4, -0.2) is 14.9 Å². The van der Waals surface area contributed by atoms with Crippen molar-refractivity contribution in [2.45, 2.75) is 6.18 Å². The Labute approximate surface area is 159 Å². The Hall–Kier alpha value is -3.54. The number of nitrogens with zero attached hydrogens (tertiary/aromatic N) is 2. The van der Waals surface area contributed by atoms with Gasteiger partial charge in [0.25, 0.3) is 0 Å². The van der Waals surface area contributed by atoms with Crippen LogP contribution in [0.2, 0.25) is 0 Å². The fraction of sp³-hybridized carbons (Fsp3) is 0.0455. The first-order valence-corrected chi connectivity index (χ1v) is 8.55. The number of phenolic OH excluding ortho intramolecular Hbond substituents is 1. The van der Waals surface area contributed by atoms with Crippen LogP contribution in [0.5, 0.6) is 5.75 Å². The van der Waals surface area contributed by atoms with E-state index in [1.807, 2.05) is 30.3 Å². The maximum Gasteiger partial charge on any atom is 0.418 e. The average Bonchev–Trinajstić information content (AvgIpc) is 3.14. The van der Waals surface area contributed by atoms with Crippen LogP contribution >= 0.6 is 0 Å². The van der Waals surface area contributed by atoms with E-state index in [0.717, 1.165) is 11.6 Å². The molecule has 3 nitrogen and oxygen atoms in total. The molecule has 140 valence electrons. The molecule has 0 bridgehead atoms. The molecule has 0 amide bonds. The number of halogens is 3. The minimum absolute atomic E-state index is 0.0427. The maximum atomic E-state index is 13.6. The minimum atomic E-state index is -4.50. The summed E-state index contributed by atoms with van der Waals surface area (Å²) in [7, 11) is 0. The minimum Gasteiger partial charge on any atom is -0.508 e. The number of hydrogen-bond donors (Lipinski definition) is 1. The second kappa shape index (κ2) is 6.88. The molecule has 4 aromatic rings. The van der Waals surface area contributed by atoms with Crippen molar-refractivity contribution in [2.24, 2.45) is 0 Å². The van der Waals surface area contributed by atoms with Crippen LogP contribution in [0.25, 0.3) is 28.2 Å². The molecule has 4 rings (SSSR count). The van der Waals surface area contributed by atoms with Gasteiger partial charge in [-0.05, 0) is 42.5 Å². The average molecular weight is 380 g/mol. The summed E-state index contributed by atoms with van der Waals surface area (Å²) in [6, 6.07) is 22.6.